The molecule has 0 spiro atoms. The van der Waals surface area contributed by atoms with Crippen LogP contribution in [-0.2, 0) is 0 Å². The first-order valence-corrected chi connectivity index (χ1v) is 4.68. The minimum atomic E-state index is 0.250. The standard InChI is InChI=1S/C11H15N3/c1-7-4-5-8(2)11(13)14-9(3)10(7)6-12/h4,8H,5H2,1-3H3,(H2,13,14). The third kappa shape index (κ3) is 2.02. The summed E-state index contributed by atoms with van der Waals surface area (Å²) in [7, 11) is 0. The van der Waals surface area contributed by atoms with Gasteiger partial charge in [-0.1, -0.05) is 13.0 Å². The number of hydrogen-bond acceptors (Lipinski definition) is 3. The lowest BCUT2D eigenvalue weighted by molar-refractivity contribution is 0.772. The summed E-state index contributed by atoms with van der Waals surface area (Å²) in [6.45, 7) is 5.79. The van der Waals surface area contributed by atoms with E-state index in [1.165, 1.54) is 0 Å². The molecule has 0 aliphatic carbocycles. The SMILES string of the molecule is CC1=CCC(C)C(N)=NC(C)=C1C#N. The zero-order valence-corrected chi connectivity index (χ0v) is 8.83. The van der Waals surface area contributed by atoms with Gasteiger partial charge in [0.2, 0.25) is 0 Å². The second-order valence-electron chi connectivity index (χ2n) is 3.63. The molecule has 0 saturated carbocycles. The van der Waals surface area contributed by atoms with E-state index in [1.807, 2.05) is 26.8 Å². The highest BCUT2D eigenvalue weighted by Gasteiger charge is 2.12. The highest BCUT2D eigenvalue weighted by molar-refractivity contribution is 5.84. The van der Waals surface area contributed by atoms with Crippen molar-refractivity contribution in [2.75, 3.05) is 0 Å². The van der Waals surface area contributed by atoms with E-state index >= 15 is 0 Å². The molecule has 3 heteroatoms. The smallest absolute Gasteiger partial charge is 0.102 e. The molecule has 0 amide bonds. The summed E-state index contributed by atoms with van der Waals surface area (Å²) >= 11 is 0. The fraction of sp³-hybridized carbons (Fsp3) is 0.455. The van der Waals surface area contributed by atoms with Crippen molar-refractivity contribution in [3.05, 3.63) is 22.9 Å². The first-order chi connectivity index (χ1) is 6.56. The minimum absolute atomic E-state index is 0.250. The molecule has 1 atom stereocenters. The maximum Gasteiger partial charge on any atom is 0.102 e. The molecular formula is C11H15N3. The fourth-order valence-electron chi connectivity index (χ4n) is 1.39. The molecule has 1 aliphatic rings. The molecule has 0 radical (unpaired) electrons. The van der Waals surface area contributed by atoms with Gasteiger partial charge < -0.3 is 5.73 Å². The van der Waals surface area contributed by atoms with Gasteiger partial charge in [-0.15, -0.1) is 0 Å². The summed E-state index contributed by atoms with van der Waals surface area (Å²) < 4.78 is 0. The van der Waals surface area contributed by atoms with E-state index in [1.54, 1.807) is 0 Å². The Labute approximate surface area is 84.6 Å². The Morgan fingerprint density at radius 2 is 2.21 bits per heavy atom. The molecular weight excluding hydrogens is 174 g/mol. The van der Waals surface area contributed by atoms with Crippen molar-refractivity contribution in [3.63, 3.8) is 0 Å². The van der Waals surface area contributed by atoms with Crippen LogP contribution in [0, 0.1) is 17.2 Å². The van der Waals surface area contributed by atoms with Crippen LogP contribution in [0.25, 0.3) is 0 Å². The molecule has 0 aromatic rings. The van der Waals surface area contributed by atoms with Crippen molar-refractivity contribution in [2.45, 2.75) is 27.2 Å². The van der Waals surface area contributed by atoms with Crippen LogP contribution < -0.4 is 5.73 Å². The highest BCUT2D eigenvalue weighted by Crippen LogP contribution is 2.20. The Kier molecular flexibility index (Phi) is 3.08. The van der Waals surface area contributed by atoms with Gasteiger partial charge in [0.15, 0.2) is 0 Å². The van der Waals surface area contributed by atoms with Crippen LogP contribution in [-0.4, -0.2) is 5.84 Å². The minimum Gasteiger partial charge on any atom is -0.387 e. The Morgan fingerprint density at radius 3 is 2.79 bits per heavy atom. The van der Waals surface area contributed by atoms with Gasteiger partial charge in [-0.25, -0.2) is 4.99 Å². The van der Waals surface area contributed by atoms with E-state index in [9.17, 15) is 0 Å². The van der Waals surface area contributed by atoms with Crippen LogP contribution in [0.2, 0.25) is 0 Å². The summed E-state index contributed by atoms with van der Waals surface area (Å²) in [5.41, 5.74) is 8.12. The van der Waals surface area contributed by atoms with Gasteiger partial charge in [0.1, 0.15) is 11.9 Å². The fourth-order valence-corrected chi connectivity index (χ4v) is 1.39. The Balaban J connectivity index is 3.25. The maximum atomic E-state index is 8.94. The number of nitriles is 1. The topological polar surface area (TPSA) is 62.2 Å². The first kappa shape index (κ1) is 10.5. The van der Waals surface area contributed by atoms with E-state index in [-0.39, 0.29) is 5.92 Å². The average molecular weight is 189 g/mol. The van der Waals surface area contributed by atoms with Gasteiger partial charge >= 0.3 is 0 Å². The van der Waals surface area contributed by atoms with Gasteiger partial charge in [0.05, 0.1) is 11.3 Å². The van der Waals surface area contributed by atoms with Crippen LogP contribution in [0.1, 0.15) is 27.2 Å². The van der Waals surface area contributed by atoms with Crippen molar-refractivity contribution in [3.8, 4) is 6.07 Å². The van der Waals surface area contributed by atoms with Crippen molar-refractivity contribution >= 4 is 5.84 Å². The first-order valence-electron chi connectivity index (χ1n) is 4.68. The number of amidine groups is 1. The van der Waals surface area contributed by atoms with E-state index in [0.717, 1.165) is 12.0 Å². The molecule has 1 aliphatic heterocycles. The van der Waals surface area contributed by atoms with Crippen LogP contribution in [0.5, 0.6) is 0 Å². The predicted molar refractivity (Wildman–Crippen MR) is 57.5 cm³/mol. The zero-order valence-electron chi connectivity index (χ0n) is 8.83. The van der Waals surface area contributed by atoms with Crippen LogP contribution in [0.3, 0.4) is 0 Å². The Bertz CT molecular complexity index is 366. The summed E-state index contributed by atoms with van der Waals surface area (Å²) in [4.78, 5) is 4.23. The molecule has 1 heterocycles. The summed E-state index contributed by atoms with van der Waals surface area (Å²) in [5, 5.41) is 8.94. The Hall–Kier alpha value is -1.56. The van der Waals surface area contributed by atoms with Gasteiger partial charge in [0, 0.05) is 5.92 Å². The molecule has 0 bridgehead atoms. The van der Waals surface area contributed by atoms with Crippen molar-refractivity contribution < 1.29 is 0 Å². The summed E-state index contributed by atoms with van der Waals surface area (Å²) in [6, 6.07) is 2.16. The second kappa shape index (κ2) is 4.10. The number of rotatable bonds is 0. The highest BCUT2D eigenvalue weighted by atomic mass is 14.9. The molecule has 74 valence electrons. The number of hydrogen-bond donors (Lipinski definition) is 1. The van der Waals surface area contributed by atoms with E-state index in [0.29, 0.717) is 17.1 Å². The number of allylic oxidation sites excluding steroid dienone is 4. The average Bonchev–Trinajstić information content (AvgIpc) is 2.13. The third-order valence-corrected chi connectivity index (χ3v) is 2.45. The van der Waals surface area contributed by atoms with Crippen molar-refractivity contribution in [1.82, 2.24) is 0 Å². The molecule has 14 heavy (non-hydrogen) atoms. The zero-order chi connectivity index (χ0) is 10.7. The van der Waals surface area contributed by atoms with Crippen molar-refractivity contribution in [2.24, 2.45) is 16.6 Å². The molecule has 1 unspecified atom stereocenters. The second-order valence-corrected chi connectivity index (χ2v) is 3.63. The predicted octanol–water partition coefficient (Wildman–Crippen LogP) is 2.13. The lowest BCUT2D eigenvalue weighted by Gasteiger charge is -2.13. The lowest BCUT2D eigenvalue weighted by atomic mass is 9.99. The van der Waals surface area contributed by atoms with Gasteiger partial charge in [0.25, 0.3) is 0 Å². The van der Waals surface area contributed by atoms with Gasteiger partial charge in [-0.2, -0.15) is 5.26 Å². The molecule has 1 rings (SSSR count). The molecule has 3 nitrogen and oxygen atoms in total. The largest absolute Gasteiger partial charge is 0.387 e. The molecule has 0 aromatic carbocycles. The Morgan fingerprint density at radius 1 is 1.57 bits per heavy atom. The molecule has 0 fully saturated rings. The van der Waals surface area contributed by atoms with Gasteiger partial charge in [-0.3, -0.25) is 0 Å². The van der Waals surface area contributed by atoms with Crippen LogP contribution >= 0.6 is 0 Å². The number of nitrogens with zero attached hydrogens (tertiary/aromatic N) is 2. The van der Waals surface area contributed by atoms with Crippen LogP contribution in [0.4, 0.5) is 0 Å². The third-order valence-electron chi connectivity index (χ3n) is 2.45. The van der Waals surface area contributed by atoms with E-state index < -0.39 is 0 Å². The molecule has 0 saturated heterocycles. The van der Waals surface area contributed by atoms with E-state index in [2.05, 4.69) is 11.1 Å². The number of aliphatic imine (C=N–C) groups is 1. The lowest BCUT2D eigenvalue weighted by Crippen LogP contribution is -2.21. The normalized spacial score (nSPS) is 23.1. The monoisotopic (exact) mass is 189 g/mol. The molecule has 2 N–H and O–H groups in total. The van der Waals surface area contributed by atoms with Crippen LogP contribution in [0.15, 0.2) is 27.9 Å². The van der Waals surface area contributed by atoms with E-state index in [4.69, 9.17) is 11.0 Å². The number of nitrogens with two attached hydrogens (primary N) is 1. The summed E-state index contributed by atoms with van der Waals surface area (Å²) in [6.07, 6.45) is 2.90. The van der Waals surface area contributed by atoms with Gasteiger partial charge in [-0.05, 0) is 25.8 Å². The van der Waals surface area contributed by atoms with Crippen molar-refractivity contribution in [1.29, 1.82) is 5.26 Å². The maximum absolute atomic E-state index is 8.94. The quantitative estimate of drug-likeness (QED) is 0.634. The molecule has 0 aromatic heterocycles. The summed E-state index contributed by atoms with van der Waals surface area (Å²) in [5.74, 6) is 0.860.